The van der Waals surface area contributed by atoms with Crippen LogP contribution in [-0.4, -0.2) is 0 Å². The lowest BCUT2D eigenvalue weighted by Gasteiger charge is -2.08. The third kappa shape index (κ3) is 2.25. The summed E-state index contributed by atoms with van der Waals surface area (Å²) in [6.07, 6.45) is -3.35. The van der Waals surface area contributed by atoms with Crippen LogP contribution in [0.5, 0.6) is 0 Å². The molecule has 13 heavy (non-hydrogen) atoms. The number of hydrogen-bond donors (Lipinski definition) is 0. The standard InChI is InChI=1S/C9H5ClF3/c1-2-6-3-4-8(10)7(5-6)9(11,12)13/h1-5H. The maximum atomic E-state index is 12.2. The van der Waals surface area contributed by atoms with Gasteiger partial charge in [-0.25, -0.2) is 0 Å². The van der Waals surface area contributed by atoms with Crippen LogP contribution in [-0.2, 0) is 6.18 Å². The number of rotatable bonds is 1. The molecule has 1 rings (SSSR count). The molecule has 1 aromatic carbocycles. The van der Waals surface area contributed by atoms with Crippen molar-refractivity contribution in [3.8, 4) is 0 Å². The molecule has 0 aliphatic carbocycles. The topological polar surface area (TPSA) is 0 Å². The van der Waals surface area contributed by atoms with Gasteiger partial charge in [-0.15, -0.1) is 0 Å². The lowest BCUT2D eigenvalue weighted by atomic mass is 10.1. The van der Waals surface area contributed by atoms with E-state index in [9.17, 15) is 13.2 Å². The normalized spacial score (nSPS) is 11.4. The Hall–Kier alpha value is -0.960. The molecule has 0 atom stereocenters. The summed E-state index contributed by atoms with van der Waals surface area (Å²) in [6.45, 7) is 5.08. The first-order valence-electron chi connectivity index (χ1n) is 3.37. The zero-order valence-electron chi connectivity index (χ0n) is 6.40. The van der Waals surface area contributed by atoms with Gasteiger partial charge >= 0.3 is 6.18 Å². The molecule has 4 heteroatoms. The van der Waals surface area contributed by atoms with Crippen molar-refractivity contribution in [3.63, 3.8) is 0 Å². The molecule has 1 aromatic rings. The van der Waals surface area contributed by atoms with Crippen molar-refractivity contribution in [2.45, 2.75) is 6.18 Å². The first-order chi connectivity index (χ1) is 5.95. The summed E-state index contributed by atoms with van der Waals surface area (Å²) in [6, 6.07) is 3.49. The first-order valence-corrected chi connectivity index (χ1v) is 3.74. The van der Waals surface area contributed by atoms with Crippen LogP contribution in [0.4, 0.5) is 13.2 Å². The van der Waals surface area contributed by atoms with Crippen LogP contribution >= 0.6 is 11.6 Å². The van der Waals surface area contributed by atoms with E-state index in [1.165, 1.54) is 12.1 Å². The van der Waals surface area contributed by atoms with Gasteiger partial charge in [-0.3, -0.25) is 0 Å². The van der Waals surface area contributed by atoms with E-state index in [2.05, 4.69) is 0 Å². The van der Waals surface area contributed by atoms with Gasteiger partial charge in [-0.1, -0.05) is 30.3 Å². The summed E-state index contributed by atoms with van der Waals surface area (Å²) in [4.78, 5) is 0. The molecule has 0 heterocycles. The Bertz CT molecular complexity index is 328. The highest BCUT2D eigenvalue weighted by Crippen LogP contribution is 2.35. The fourth-order valence-corrected chi connectivity index (χ4v) is 1.09. The highest BCUT2D eigenvalue weighted by atomic mass is 35.5. The van der Waals surface area contributed by atoms with E-state index in [0.717, 1.165) is 12.1 Å². The predicted molar refractivity (Wildman–Crippen MR) is 45.2 cm³/mol. The van der Waals surface area contributed by atoms with E-state index in [4.69, 9.17) is 18.2 Å². The smallest absolute Gasteiger partial charge is 0.166 e. The van der Waals surface area contributed by atoms with Gasteiger partial charge in [0, 0.05) is 0 Å². The minimum atomic E-state index is -4.43. The van der Waals surface area contributed by atoms with E-state index in [1.54, 1.807) is 0 Å². The van der Waals surface area contributed by atoms with Gasteiger partial charge in [-0.05, 0) is 17.7 Å². The molecule has 69 valence electrons. The van der Waals surface area contributed by atoms with Gasteiger partial charge in [0.25, 0.3) is 0 Å². The SMILES string of the molecule is [CH]=Cc1ccc(Cl)c(C(F)(F)F)c1. The Morgan fingerprint density at radius 2 is 1.92 bits per heavy atom. The maximum absolute atomic E-state index is 12.2. The van der Waals surface area contributed by atoms with Crippen molar-refractivity contribution in [3.05, 3.63) is 40.9 Å². The Morgan fingerprint density at radius 3 is 2.38 bits per heavy atom. The van der Waals surface area contributed by atoms with Gasteiger partial charge in [-0.2, -0.15) is 13.2 Å². The molecule has 0 amide bonds. The second-order valence-electron chi connectivity index (χ2n) is 2.40. The van der Waals surface area contributed by atoms with Crippen LogP contribution in [0, 0.1) is 6.58 Å². The number of hydrogen-bond acceptors (Lipinski definition) is 0. The Kier molecular flexibility index (Phi) is 2.66. The van der Waals surface area contributed by atoms with Crippen molar-refractivity contribution in [1.29, 1.82) is 0 Å². The summed E-state index contributed by atoms with van der Waals surface area (Å²) < 4.78 is 36.7. The summed E-state index contributed by atoms with van der Waals surface area (Å²) in [5.41, 5.74) is -0.579. The molecule has 0 bridgehead atoms. The number of alkyl halides is 3. The molecule has 0 unspecified atom stereocenters. The lowest BCUT2D eigenvalue weighted by molar-refractivity contribution is -0.137. The molecule has 0 aliphatic heterocycles. The van der Waals surface area contributed by atoms with Crippen molar-refractivity contribution in [2.75, 3.05) is 0 Å². The summed E-state index contributed by atoms with van der Waals surface area (Å²) in [5, 5.41) is -0.321. The Labute approximate surface area is 78.6 Å². The van der Waals surface area contributed by atoms with E-state index >= 15 is 0 Å². The average Bonchev–Trinajstić information content (AvgIpc) is 2.03. The summed E-state index contributed by atoms with van der Waals surface area (Å²) >= 11 is 5.36. The molecule has 0 spiro atoms. The maximum Gasteiger partial charge on any atom is 0.417 e. The minimum Gasteiger partial charge on any atom is -0.166 e. The number of halogens is 4. The average molecular weight is 206 g/mol. The molecule has 0 nitrogen and oxygen atoms in total. The molecular formula is C9H5ClF3. The Balaban J connectivity index is 3.27. The van der Waals surface area contributed by atoms with Crippen LogP contribution in [0.1, 0.15) is 11.1 Å². The fraction of sp³-hybridized carbons (Fsp3) is 0.111. The molecule has 0 N–H and O–H groups in total. The van der Waals surface area contributed by atoms with Gasteiger partial charge in [0.1, 0.15) is 0 Å². The third-order valence-electron chi connectivity index (χ3n) is 1.49. The van der Waals surface area contributed by atoms with Crippen LogP contribution in [0.15, 0.2) is 18.2 Å². The fourth-order valence-electron chi connectivity index (χ4n) is 0.864. The summed E-state index contributed by atoms with van der Waals surface area (Å²) in [7, 11) is 0. The van der Waals surface area contributed by atoms with Crippen LogP contribution in [0.3, 0.4) is 0 Å². The van der Waals surface area contributed by atoms with Crippen molar-refractivity contribution in [2.24, 2.45) is 0 Å². The second-order valence-corrected chi connectivity index (χ2v) is 2.81. The largest absolute Gasteiger partial charge is 0.417 e. The Morgan fingerprint density at radius 1 is 1.31 bits per heavy atom. The summed E-state index contributed by atoms with van der Waals surface area (Å²) in [5.74, 6) is 0. The van der Waals surface area contributed by atoms with Gasteiger partial charge < -0.3 is 0 Å². The number of benzene rings is 1. The van der Waals surface area contributed by atoms with Crippen LogP contribution in [0.2, 0.25) is 5.02 Å². The molecule has 0 saturated heterocycles. The third-order valence-corrected chi connectivity index (χ3v) is 1.82. The quantitative estimate of drug-likeness (QED) is 0.654. The molecule has 1 radical (unpaired) electrons. The molecule has 0 aliphatic rings. The van der Waals surface area contributed by atoms with Crippen molar-refractivity contribution < 1.29 is 13.2 Å². The zero-order valence-corrected chi connectivity index (χ0v) is 7.15. The monoisotopic (exact) mass is 205 g/mol. The molecule has 0 fully saturated rings. The van der Waals surface area contributed by atoms with Crippen molar-refractivity contribution >= 4 is 17.7 Å². The molecular weight excluding hydrogens is 201 g/mol. The predicted octanol–water partition coefficient (Wildman–Crippen LogP) is 3.80. The van der Waals surface area contributed by atoms with E-state index < -0.39 is 11.7 Å². The highest BCUT2D eigenvalue weighted by Gasteiger charge is 2.33. The second kappa shape index (κ2) is 3.42. The van der Waals surface area contributed by atoms with Crippen LogP contribution < -0.4 is 0 Å². The minimum absolute atomic E-state index is 0.289. The van der Waals surface area contributed by atoms with E-state index in [0.29, 0.717) is 0 Å². The van der Waals surface area contributed by atoms with E-state index in [1.807, 2.05) is 0 Å². The van der Waals surface area contributed by atoms with E-state index in [-0.39, 0.29) is 10.6 Å². The van der Waals surface area contributed by atoms with Gasteiger partial charge in [0.2, 0.25) is 0 Å². The van der Waals surface area contributed by atoms with Crippen LogP contribution in [0.25, 0.3) is 6.08 Å². The molecule has 0 aromatic heterocycles. The zero-order chi connectivity index (χ0) is 10.1. The van der Waals surface area contributed by atoms with Gasteiger partial charge in [0.05, 0.1) is 10.6 Å². The lowest BCUT2D eigenvalue weighted by Crippen LogP contribution is -2.05. The first kappa shape index (κ1) is 10.1. The highest BCUT2D eigenvalue weighted by molar-refractivity contribution is 6.31. The van der Waals surface area contributed by atoms with Gasteiger partial charge in [0.15, 0.2) is 0 Å². The molecule has 0 saturated carbocycles. The van der Waals surface area contributed by atoms with Crippen molar-refractivity contribution in [1.82, 2.24) is 0 Å².